The first-order chi connectivity index (χ1) is 13.8. The number of benzene rings is 2. The van der Waals surface area contributed by atoms with E-state index < -0.39 is 0 Å². The maximum absolute atomic E-state index is 6.10. The van der Waals surface area contributed by atoms with Gasteiger partial charge in [0, 0.05) is 30.6 Å². The molecule has 0 aliphatic carbocycles. The fraction of sp³-hybridized carbons (Fsp3) is 0.0455. The third kappa shape index (κ3) is 2.91. The predicted molar refractivity (Wildman–Crippen MR) is 107 cm³/mol. The van der Waals surface area contributed by atoms with Gasteiger partial charge in [-0.05, 0) is 24.3 Å². The van der Waals surface area contributed by atoms with Crippen molar-refractivity contribution in [3.8, 4) is 34.0 Å². The number of aryl methyl sites for hydroxylation is 1. The predicted octanol–water partition coefficient (Wildman–Crippen LogP) is 4.59. The van der Waals surface area contributed by atoms with E-state index >= 15 is 0 Å². The van der Waals surface area contributed by atoms with Crippen molar-refractivity contribution in [1.82, 2.24) is 24.1 Å². The number of aromatic nitrogens is 5. The molecule has 0 radical (unpaired) electrons. The van der Waals surface area contributed by atoms with E-state index in [9.17, 15) is 0 Å². The third-order valence-electron chi connectivity index (χ3n) is 4.53. The Kier molecular flexibility index (Phi) is 3.87. The first-order valence-electron chi connectivity index (χ1n) is 8.92. The molecule has 5 rings (SSSR count). The third-order valence-corrected chi connectivity index (χ3v) is 4.53. The molecule has 0 aliphatic rings. The molecule has 3 aromatic heterocycles. The molecule has 0 spiro atoms. The largest absolute Gasteiger partial charge is 0.457 e. The normalized spacial score (nSPS) is 11.0. The number of ether oxygens (including phenoxy) is 1. The molecule has 0 atom stereocenters. The van der Waals surface area contributed by atoms with Gasteiger partial charge in [0.25, 0.3) is 0 Å². The van der Waals surface area contributed by atoms with Crippen LogP contribution in [-0.4, -0.2) is 24.1 Å². The van der Waals surface area contributed by atoms with Crippen LogP contribution in [-0.2, 0) is 7.05 Å². The van der Waals surface area contributed by atoms with Crippen LogP contribution in [0.4, 0.5) is 0 Å². The number of hydrogen-bond donors (Lipinski definition) is 0. The highest BCUT2D eigenvalue weighted by molar-refractivity contribution is 5.70. The van der Waals surface area contributed by atoms with E-state index in [4.69, 9.17) is 4.74 Å². The molecule has 0 fully saturated rings. The van der Waals surface area contributed by atoms with Crippen LogP contribution in [0.25, 0.3) is 28.2 Å². The lowest BCUT2D eigenvalue weighted by atomic mass is 10.1. The fourth-order valence-corrected chi connectivity index (χ4v) is 3.18. The molecular weight excluding hydrogens is 350 g/mol. The molecule has 0 unspecified atom stereocenters. The van der Waals surface area contributed by atoms with Gasteiger partial charge in [0.15, 0.2) is 5.65 Å². The molecule has 6 heteroatoms. The molecule has 6 nitrogen and oxygen atoms in total. The monoisotopic (exact) mass is 367 g/mol. The molecule has 5 aromatic rings. The van der Waals surface area contributed by atoms with Crippen molar-refractivity contribution in [2.75, 3.05) is 0 Å². The lowest BCUT2D eigenvalue weighted by Crippen LogP contribution is -1.95. The molecule has 3 heterocycles. The summed E-state index contributed by atoms with van der Waals surface area (Å²) < 4.78 is 9.90. The van der Waals surface area contributed by atoms with Gasteiger partial charge in [-0.3, -0.25) is 14.1 Å². The van der Waals surface area contributed by atoms with Crippen LogP contribution in [0.1, 0.15) is 0 Å². The van der Waals surface area contributed by atoms with E-state index in [1.54, 1.807) is 10.9 Å². The number of imidazole rings is 1. The molecule has 0 saturated heterocycles. The molecule has 0 bridgehead atoms. The molecule has 2 aromatic carbocycles. The van der Waals surface area contributed by atoms with Crippen molar-refractivity contribution < 1.29 is 4.74 Å². The summed E-state index contributed by atoms with van der Waals surface area (Å²) in [4.78, 5) is 9.07. The van der Waals surface area contributed by atoms with Crippen LogP contribution in [0.3, 0.4) is 0 Å². The van der Waals surface area contributed by atoms with Crippen molar-refractivity contribution in [3.63, 3.8) is 0 Å². The van der Waals surface area contributed by atoms with Gasteiger partial charge < -0.3 is 4.74 Å². The summed E-state index contributed by atoms with van der Waals surface area (Å²) in [6.45, 7) is 0. The standard InChI is InChI=1S/C22H17N5O/c1-26-14-16(11-25-26)20-12-24-22-13-23-19(15-27(20)22)18-9-5-6-10-21(18)28-17-7-3-2-4-8-17/h2-15H,1H3. The minimum atomic E-state index is 0.753. The fourth-order valence-electron chi connectivity index (χ4n) is 3.18. The Morgan fingerprint density at radius 2 is 1.64 bits per heavy atom. The highest BCUT2D eigenvalue weighted by Crippen LogP contribution is 2.32. The van der Waals surface area contributed by atoms with Crippen molar-refractivity contribution in [1.29, 1.82) is 0 Å². The van der Waals surface area contributed by atoms with E-state index in [0.717, 1.165) is 39.7 Å². The topological polar surface area (TPSA) is 57.2 Å². The summed E-state index contributed by atoms with van der Waals surface area (Å²) in [5, 5.41) is 4.26. The summed E-state index contributed by atoms with van der Waals surface area (Å²) in [6.07, 6.45) is 9.39. The molecule has 0 saturated carbocycles. The van der Waals surface area contributed by atoms with Crippen molar-refractivity contribution in [2.45, 2.75) is 0 Å². The number of fused-ring (bicyclic) bond motifs is 1. The van der Waals surface area contributed by atoms with Crippen LogP contribution < -0.4 is 4.74 Å². The Balaban J connectivity index is 1.60. The van der Waals surface area contributed by atoms with Gasteiger partial charge >= 0.3 is 0 Å². The Morgan fingerprint density at radius 1 is 0.821 bits per heavy atom. The van der Waals surface area contributed by atoms with E-state index in [1.807, 2.05) is 90.8 Å². The van der Waals surface area contributed by atoms with Crippen LogP contribution in [0, 0.1) is 0 Å². The average molecular weight is 367 g/mol. The van der Waals surface area contributed by atoms with Gasteiger partial charge in [0.2, 0.25) is 0 Å². The summed E-state index contributed by atoms with van der Waals surface area (Å²) in [7, 11) is 1.90. The second-order valence-electron chi connectivity index (χ2n) is 6.46. The van der Waals surface area contributed by atoms with E-state index in [1.165, 1.54) is 0 Å². The zero-order valence-corrected chi connectivity index (χ0v) is 15.2. The summed E-state index contributed by atoms with van der Waals surface area (Å²) in [6, 6.07) is 17.6. The highest BCUT2D eigenvalue weighted by atomic mass is 16.5. The van der Waals surface area contributed by atoms with E-state index in [0.29, 0.717) is 0 Å². The Labute approximate surface area is 161 Å². The van der Waals surface area contributed by atoms with Crippen LogP contribution >= 0.6 is 0 Å². The molecule has 0 N–H and O–H groups in total. The molecular formula is C22H17N5O. The maximum atomic E-state index is 6.10. The van der Waals surface area contributed by atoms with Crippen LogP contribution in [0.2, 0.25) is 0 Å². The van der Waals surface area contributed by atoms with E-state index in [-0.39, 0.29) is 0 Å². The Bertz CT molecular complexity index is 1260. The number of para-hydroxylation sites is 2. The number of nitrogens with zero attached hydrogens (tertiary/aromatic N) is 5. The number of hydrogen-bond acceptors (Lipinski definition) is 4. The quantitative estimate of drug-likeness (QED) is 0.466. The van der Waals surface area contributed by atoms with Crippen molar-refractivity contribution in [3.05, 3.63) is 85.6 Å². The van der Waals surface area contributed by atoms with Crippen LogP contribution in [0.5, 0.6) is 11.5 Å². The zero-order valence-electron chi connectivity index (χ0n) is 15.2. The SMILES string of the molecule is Cn1cc(-c2cnc3cnc(-c4ccccc4Oc4ccccc4)cn23)cn1. The van der Waals surface area contributed by atoms with Crippen molar-refractivity contribution >= 4 is 5.65 Å². The number of rotatable bonds is 4. The lowest BCUT2D eigenvalue weighted by Gasteiger charge is -2.11. The summed E-state index contributed by atoms with van der Waals surface area (Å²) >= 11 is 0. The van der Waals surface area contributed by atoms with Gasteiger partial charge in [0.05, 0.1) is 30.0 Å². The zero-order chi connectivity index (χ0) is 18.9. The van der Waals surface area contributed by atoms with Gasteiger partial charge in [-0.25, -0.2) is 4.98 Å². The first kappa shape index (κ1) is 16.3. The van der Waals surface area contributed by atoms with Gasteiger partial charge in [-0.1, -0.05) is 30.3 Å². The second-order valence-corrected chi connectivity index (χ2v) is 6.46. The molecule has 28 heavy (non-hydrogen) atoms. The van der Waals surface area contributed by atoms with Gasteiger partial charge in [-0.15, -0.1) is 0 Å². The highest BCUT2D eigenvalue weighted by Gasteiger charge is 2.13. The Morgan fingerprint density at radius 3 is 2.46 bits per heavy atom. The van der Waals surface area contributed by atoms with Gasteiger partial charge in [-0.2, -0.15) is 5.10 Å². The average Bonchev–Trinajstić information content (AvgIpc) is 3.34. The molecule has 136 valence electrons. The molecule has 0 aliphatic heterocycles. The Hall–Kier alpha value is -3.93. The maximum Gasteiger partial charge on any atom is 0.155 e. The summed E-state index contributed by atoms with van der Waals surface area (Å²) in [5.41, 5.74) is 4.47. The second kappa shape index (κ2) is 6.66. The molecule has 0 amide bonds. The van der Waals surface area contributed by atoms with Gasteiger partial charge in [0.1, 0.15) is 11.5 Å². The van der Waals surface area contributed by atoms with Crippen LogP contribution in [0.15, 0.2) is 85.6 Å². The lowest BCUT2D eigenvalue weighted by molar-refractivity contribution is 0.484. The minimum absolute atomic E-state index is 0.753. The minimum Gasteiger partial charge on any atom is -0.457 e. The first-order valence-corrected chi connectivity index (χ1v) is 8.92. The van der Waals surface area contributed by atoms with E-state index in [2.05, 4.69) is 15.1 Å². The smallest absolute Gasteiger partial charge is 0.155 e. The summed E-state index contributed by atoms with van der Waals surface area (Å²) in [5.74, 6) is 1.54. The van der Waals surface area contributed by atoms with Crippen molar-refractivity contribution in [2.24, 2.45) is 7.05 Å².